The fourth-order valence-electron chi connectivity index (χ4n) is 1.58. The fourth-order valence-corrected chi connectivity index (χ4v) is 1.58. The molecule has 2 aromatic rings. The summed E-state index contributed by atoms with van der Waals surface area (Å²) in [6.07, 6.45) is 0.715. The first kappa shape index (κ1) is 13.4. The van der Waals surface area contributed by atoms with Crippen molar-refractivity contribution in [1.29, 1.82) is 0 Å². The Balaban J connectivity index is 0.000000232. The van der Waals surface area contributed by atoms with E-state index < -0.39 is 10.1 Å². The summed E-state index contributed by atoms with van der Waals surface area (Å²) in [5.41, 5.74) is 2.04. The molecule has 0 unspecified atom stereocenters. The molecule has 0 aliphatic carbocycles. The summed E-state index contributed by atoms with van der Waals surface area (Å²) in [6, 6.07) is 15.8. The highest BCUT2D eigenvalue weighted by molar-refractivity contribution is 7.85. The minimum Gasteiger partial charge on any atom is -0.453 e. The van der Waals surface area contributed by atoms with Crippen LogP contribution < -0.4 is 10.1 Å². The van der Waals surface area contributed by atoms with E-state index in [1.807, 2.05) is 48.5 Å². The molecule has 0 bridgehead atoms. The zero-order valence-electron chi connectivity index (χ0n) is 10.2. The van der Waals surface area contributed by atoms with E-state index in [1.54, 1.807) is 0 Å². The Bertz CT molecular complexity index is 587. The molecule has 1 heterocycles. The van der Waals surface area contributed by atoms with E-state index in [0.717, 1.165) is 22.9 Å². The standard InChI is InChI=1S/C12H9NO.CH4O3S/c1-3-7-11-9(5-1)13-10-6-2-4-8-12(10)14-11;1-5(2,3)4/h1-8,13H;1H3,(H,2,3,4). The van der Waals surface area contributed by atoms with Crippen LogP contribution in [0.3, 0.4) is 0 Å². The minimum atomic E-state index is -3.67. The van der Waals surface area contributed by atoms with E-state index in [-0.39, 0.29) is 0 Å². The maximum absolute atomic E-state index is 9.19. The largest absolute Gasteiger partial charge is 0.453 e. The third kappa shape index (κ3) is 3.97. The van der Waals surface area contributed by atoms with Crippen LogP contribution in [0, 0.1) is 0 Å². The molecule has 100 valence electrons. The van der Waals surface area contributed by atoms with Gasteiger partial charge in [-0.1, -0.05) is 24.3 Å². The number of fused-ring (bicyclic) bond motifs is 2. The van der Waals surface area contributed by atoms with Gasteiger partial charge in [0.05, 0.1) is 17.6 Å². The lowest BCUT2D eigenvalue weighted by molar-refractivity contribution is 0.481. The highest BCUT2D eigenvalue weighted by atomic mass is 32.2. The highest BCUT2D eigenvalue weighted by Gasteiger charge is 2.13. The molecule has 2 aromatic carbocycles. The van der Waals surface area contributed by atoms with E-state index in [4.69, 9.17) is 9.29 Å². The molecule has 1 aliphatic heterocycles. The zero-order valence-corrected chi connectivity index (χ0v) is 11.0. The van der Waals surface area contributed by atoms with Gasteiger partial charge in [0.15, 0.2) is 11.5 Å². The molecule has 0 fully saturated rings. The minimum absolute atomic E-state index is 0.715. The third-order valence-corrected chi connectivity index (χ3v) is 2.26. The second-order valence-corrected chi connectivity index (χ2v) is 5.42. The Hall–Kier alpha value is -2.05. The highest BCUT2D eigenvalue weighted by Crippen LogP contribution is 2.40. The van der Waals surface area contributed by atoms with E-state index in [0.29, 0.717) is 6.26 Å². The van der Waals surface area contributed by atoms with Crippen molar-refractivity contribution >= 4 is 21.5 Å². The van der Waals surface area contributed by atoms with Crippen LogP contribution >= 0.6 is 0 Å². The molecule has 5 nitrogen and oxygen atoms in total. The Morgan fingerprint density at radius 3 is 1.74 bits per heavy atom. The van der Waals surface area contributed by atoms with Gasteiger partial charge in [-0.05, 0) is 24.3 Å². The third-order valence-electron chi connectivity index (χ3n) is 2.26. The number of rotatable bonds is 0. The predicted molar refractivity (Wildman–Crippen MR) is 73.7 cm³/mol. The first-order valence-electron chi connectivity index (χ1n) is 5.49. The number of hydrogen-bond donors (Lipinski definition) is 2. The van der Waals surface area contributed by atoms with Gasteiger partial charge in [-0.15, -0.1) is 0 Å². The van der Waals surface area contributed by atoms with Crippen molar-refractivity contribution in [3.8, 4) is 11.5 Å². The molecular weight excluding hydrogens is 266 g/mol. The molecule has 0 saturated carbocycles. The summed E-state index contributed by atoms with van der Waals surface area (Å²) in [5.74, 6) is 1.76. The molecule has 2 N–H and O–H groups in total. The summed E-state index contributed by atoms with van der Waals surface area (Å²) >= 11 is 0. The van der Waals surface area contributed by atoms with Gasteiger partial charge in [-0.25, -0.2) is 0 Å². The molecule has 3 rings (SSSR count). The van der Waals surface area contributed by atoms with Crippen LogP contribution in [-0.2, 0) is 10.1 Å². The monoisotopic (exact) mass is 279 g/mol. The van der Waals surface area contributed by atoms with Crippen LogP contribution in [0.25, 0.3) is 0 Å². The van der Waals surface area contributed by atoms with Gasteiger partial charge in [0.1, 0.15) is 0 Å². The van der Waals surface area contributed by atoms with E-state index in [2.05, 4.69) is 5.32 Å². The SMILES string of the molecule is CS(=O)(=O)O.c1ccc2c(c1)Nc1ccccc1O2. The van der Waals surface area contributed by atoms with Crippen LogP contribution in [0.2, 0.25) is 0 Å². The van der Waals surface area contributed by atoms with Gasteiger partial charge >= 0.3 is 0 Å². The number of nitrogens with one attached hydrogen (secondary N) is 1. The lowest BCUT2D eigenvalue weighted by Crippen LogP contribution is -2.01. The molecule has 0 atom stereocenters. The van der Waals surface area contributed by atoms with Crippen molar-refractivity contribution in [1.82, 2.24) is 0 Å². The van der Waals surface area contributed by atoms with Crippen molar-refractivity contribution in [2.45, 2.75) is 0 Å². The molecule has 0 spiro atoms. The zero-order chi connectivity index (χ0) is 13.9. The molecule has 1 aliphatic rings. The predicted octanol–water partition coefficient (Wildman–Crippen LogP) is 3.04. The Labute approximate surface area is 111 Å². The lowest BCUT2D eigenvalue weighted by atomic mass is 10.2. The lowest BCUT2D eigenvalue weighted by Gasteiger charge is -2.20. The summed E-state index contributed by atoms with van der Waals surface area (Å²) in [6.45, 7) is 0. The quantitative estimate of drug-likeness (QED) is 0.619. The summed E-state index contributed by atoms with van der Waals surface area (Å²) in [7, 11) is -3.67. The number of anilines is 2. The first-order valence-corrected chi connectivity index (χ1v) is 7.34. The van der Waals surface area contributed by atoms with Crippen molar-refractivity contribution < 1.29 is 17.7 Å². The molecule has 0 radical (unpaired) electrons. The summed E-state index contributed by atoms with van der Waals surface area (Å²) in [4.78, 5) is 0. The van der Waals surface area contributed by atoms with Crippen LogP contribution in [-0.4, -0.2) is 19.2 Å². The van der Waals surface area contributed by atoms with Crippen molar-refractivity contribution in [3.05, 3.63) is 48.5 Å². The molecule has 19 heavy (non-hydrogen) atoms. The summed E-state index contributed by atoms with van der Waals surface area (Å²) in [5, 5.41) is 3.32. The smallest absolute Gasteiger partial charge is 0.261 e. The van der Waals surface area contributed by atoms with Crippen molar-refractivity contribution in [3.63, 3.8) is 0 Å². The van der Waals surface area contributed by atoms with Crippen LogP contribution in [0.1, 0.15) is 0 Å². The Morgan fingerprint density at radius 1 is 0.947 bits per heavy atom. The summed E-state index contributed by atoms with van der Waals surface area (Å²) < 4.78 is 31.6. The molecule has 0 amide bonds. The second-order valence-electron chi connectivity index (χ2n) is 3.95. The number of para-hydroxylation sites is 4. The van der Waals surface area contributed by atoms with E-state index >= 15 is 0 Å². The fraction of sp³-hybridized carbons (Fsp3) is 0.0769. The normalized spacial score (nSPS) is 11.9. The van der Waals surface area contributed by atoms with Gasteiger partial charge in [-0.2, -0.15) is 8.42 Å². The maximum Gasteiger partial charge on any atom is 0.261 e. The number of ether oxygens (including phenoxy) is 1. The average Bonchev–Trinajstić information content (AvgIpc) is 2.34. The molecule has 0 aromatic heterocycles. The van der Waals surface area contributed by atoms with Gasteiger partial charge in [0, 0.05) is 0 Å². The first-order chi connectivity index (χ1) is 8.93. The van der Waals surface area contributed by atoms with Gasteiger partial charge in [0.25, 0.3) is 10.1 Å². The van der Waals surface area contributed by atoms with Crippen molar-refractivity contribution in [2.24, 2.45) is 0 Å². The van der Waals surface area contributed by atoms with Crippen LogP contribution in [0.4, 0.5) is 11.4 Å². The van der Waals surface area contributed by atoms with E-state index in [9.17, 15) is 8.42 Å². The van der Waals surface area contributed by atoms with Gasteiger partial charge in [-0.3, -0.25) is 4.55 Å². The van der Waals surface area contributed by atoms with Gasteiger partial charge < -0.3 is 10.1 Å². The Morgan fingerprint density at radius 2 is 1.32 bits per heavy atom. The van der Waals surface area contributed by atoms with Crippen molar-refractivity contribution in [2.75, 3.05) is 11.6 Å². The van der Waals surface area contributed by atoms with Gasteiger partial charge in [0.2, 0.25) is 0 Å². The molecule has 6 heteroatoms. The van der Waals surface area contributed by atoms with E-state index in [1.165, 1.54) is 0 Å². The molecule has 0 saturated heterocycles. The number of benzene rings is 2. The van der Waals surface area contributed by atoms with Crippen LogP contribution in [0.15, 0.2) is 48.5 Å². The topological polar surface area (TPSA) is 75.6 Å². The Kier molecular flexibility index (Phi) is 3.73. The van der Waals surface area contributed by atoms with Crippen LogP contribution in [0.5, 0.6) is 11.5 Å². The second kappa shape index (κ2) is 5.29. The maximum atomic E-state index is 9.19. The number of hydrogen-bond acceptors (Lipinski definition) is 4. The molecular formula is C13H13NO4S. The average molecular weight is 279 g/mol.